The minimum atomic E-state index is -4.46. The van der Waals surface area contributed by atoms with Crippen LogP contribution in [0, 0.1) is 0 Å². The maximum Gasteiger partial charge on any atom is 0.416 e. The standard InChI is InChI=1S/C21H21F3N4O4S/c1-31-17-5-7-18(8-6-17)33(29,30)28-11-9-27(10-12-28)14-19-25-20(26-32-19)15-3-2-4-16(13-15)21(22,23)24/h2-8,13H,9-12,14H2,1H3. The largest absolute Gasteiger partial charge is 0.497 e. The molecule has 1 fully saturated rings. The van der Waals surface area contributed by atoms with Crippen molar-refractivity contribution in [2.75, 3.05) is 33.3 Å². The molecule has 176 valence electrons. The third-order valence-corrected chi connectivity index (χ3v) is 7.22. The highest BCUT2D eigenvalue weighted by atomic mass is 32.2. The fourth-order valence-electron chi connectivity index (χ4n) is 3.49. The van der Waals surface area contributed by atoms with E-state index in [2.05, 4.69) is 10.1 Å². The highest BCUT2D eigenvalue weighted by Gasteiger charge is 2.31. The van der Waals surface area contributed by atoms with Crippen LogP contribution in [0.1, 0.15) is 11.5 Å². The Morgan fingerprint density at radius 3 is 2.39 bits per heavy atom. The molecule has 1 aliphatic heterocycles. The number of methoxy groups -OCH3 is 1. The van der Waals surface area contributed by atoms with Crippen LogP contribution in [0.5, 0.6) is 5.75 Å². The average molecular weight is 482 g/mol. The number of rotatable bonds is 6. The van der Waals surface area contributed by atoms with Crippen molar-refractivity contribution in [3.63, 3.8) is 0 Å². The predicted octanol–water partition coefficient (Wildman–Crippen LogP) is 3.27. The second-order valence-electron chi connectivity index (χ2n) is 7.45. The zero-order valence-corrected chi connectivity index (χ0v) is 18.4. The highest BCUT2D eigenvalue weighted by Crippen LogP contribution is 2.31. The van der Waals surface area contributed by atoms with Crippen molar-refractivity contribution in [3.8, 4) is 17.1 Å². The summed E-state index contributed by atoms with van der Waals surface area (Å²) >= 11 is 0. The lowest BCUT2D eigenvalue weighted by atomic mass is 10.1. The highest BCUT2D eigenvalue weighted by molar-refractivity contribution is 7.89. The van der Waals surface area contributed by atoms with Gasteiger partial charge in [-0.05, 0) is 36.4 Å². The zero-order chi connectivity index (χ0) is 23.6. The van der Waals surface area contributed by atoms with Crippen LogP contribution in [0.2, 0.25) is 0 Å². The Hall–Kier alpha value is -2.96. The summed E-state index contributed by atoms with van der Waals surface area (Å²) in [7, 11) is -2.11. The van der Waals surface area contributed by atoms with E-state index in [-0.39, 0.29) is 41.8 Å². The third-order valence-electron chi connectivity index (χ3n) is 5.30. The molecule has 0 N–H and O–H groups in total. The third kappa shape index (κ3) is 5.18. The lowest BCUT2D eigenvalue weighted by molar-refractivity contribution is -0.137. The summed E-state index contributed by atoms with van der Waals surface area (Å²) in [5, 5.41) is 3.79. The van der Waals surface area contributed by atoms with Crippen molar-refractivity contribution in [2.24, 2.45) is 0 Å². The molecule has 2 heterocycles. The van der Waals surface area contributed by atoms with Gasteiger partial charge in [-0.15, -0.1) is 0 Å². The van der Waals surface area contributed by atoms with Gasteiger partial charge in [-0.25, -0.2) is 8.42 Å². The number of sulfonamides is 1. The molecule has 0 unspecified atom stereocenters. The molecular formula is C21H21F3N4O4S. The first-order valence-electron chi connectivity index (χ1n) is 10.0. The lowest BCUT2D eigenvalue weighted by Crippen LogP contribution is -2.48. The molecule has 4 rings (SSSR count). The van der Waals surface area contributed by atoms with E-state index in [4.69, 9.17) is 9.26 Å². The van der Waals surface area contributed by atoms with Gasteiger partial charge < -0.3 is 9.26 Å². The SMILES string of the molecule is COc1ccc(S(=O)(=O)N2CCN(Cc3nc(-c4cccc(C(F)(F)F)c4)no3)CC2)cc1. The first-order valence-corrected chi connectivity index (χ1v) is 11.5. The number of hydrogen-bond acceptors (Lipinski definition) is 7. The van der Waals surface area contributed by atoms with Gasteiger partial charge in [0.2, 0.25) is 21.7 Å². The molecular weight excluding hydrogens is 461 g/mol. The van der Waals surface area contributed by atoms with Gasteiger partial charge in [-0.1, -0.05) is 17.3 Å². The number of nitrogens with zero attached hydrogens (tertiary/aromatic N) is 4. The average Bonchev–Trinajstić information content (AvgIpc) is 3.27. The quantitative estimate of drug-likeness (QED) is 0.533. The Bertz CT molecular complexity index is 1200. The topological polar surface area (TPSA) is 88.8 Å². The monoisotopic (exact) mass is 482 g/mol. The molecule has 0 bridgehead atoms. The van der Waals surface area contributed by atoms with Gasteiger partial charge in [-0.2, -0.15) is 22.5 Å². The molecule has 0 aliphatic carbocycles. The maximum absolute atomic E-state index is 12.9. The van der Waals surface area contributed by atoms with Crippen LogP contribution in [0.15, 0.2) is 57.9 Å². The summed E-state index contributed by atoms with van der Waals surface area (Å²) in [5.74, 6) is 0.883. The van der Waals surface area contributed by atoms with Crippen LogP contribution in [-0.2, 0) is 22.7 Å². The van der Waals surface area contributed by atoms with E-state index in [1.165, 1.54) is 35.7 Å². The van der Waals surface area contributed by atoms with Gasteiger partial charge in [-0.3, -0.25) is 4.90 Å². The molecule has 0 atom stereocenters. The van der Waals surface area contributed by atoms with Crippen molar-refractivity contribution >= 4 is 10.0 Å². The second-order valence-corrected chi connectivity index (χ2v) is 9.38. The first-order chi connectivity index (χ1) is 15.7. The molecule has 12 heteroatoms. The Morgan fingerprint density at radius 1 is 1.06 bits per heavy atom. The summed E-state index contributed by atoms with van der Waals surface area (Å²) in [6.45, 7) is 1.71. The van der Waals surface area contributed by atoms with Gasteiger partial charge in [0.05, 0.1) is 24.1 Å². The number of hydrogen-bond donors (Lipinski definition) is 0. The number of ether oxygens (including phenoxy) is 1. The molecule has 3 aromatic rings. The van der Waals surface area contributed by atoms with Gasteiger partial charge in [0.25, 0.3) is 0 Å². The number of alkyl halides is 3. The number of halogens is 3. The molecule has 0 saturated carbocycles. The Kier molecular flexibility index (Phi) is 6.41. The molecule has 33 heavy (non-hydrogen) atoms. The van der Waals surface area contributed by atoms with E-state index in [0.29, 0.717) is 18.8 Å². The molecule has 1 saturated heterocycles. The van der Waals surface area contributed by atoms with E-state index in [0.717, 1.165) is 12.1 Å². The van der Waals surface area contributed by atoms with Crippen LogP contribution in [-0.4, -0.2) is 61.1 Å². The number of aromatic nitrogens is 2. The van der Waals surface area contributed by atoms with Gasteiger partial charge in [0.1, 0.15) is 5.75 Å². The predicted molar refractivity (Wildman–Crippen MR) is 112 cm³/mol. The van der Waals surface area contributed by atoms with E-state index < -0.39 is 21.8 Å². The molecule has 8 nitrogen and oxygen atoms in total. The minimum Gasteiger partial charge on any atom is -0.497 e. The molecule has 2 aromatic carbocycles. The molecule has 1 aliphatic rings. The van der Waals surface area contributed by atoms with Crippen LogP contribution in [0.3, 0.4) is 0 Å². The van der Waals surface area contributed by atoms with Crippen molar-refractivity contribution in [3.05, 3.63) is 60.0 Å². The minimum absolute atomic E-state index is 0.0665. The molecule has 0 amide bonds. The van der Waals surface area contributed by atoms with E-state index in [9.17, 15) is 21.6 Å². The van der Waals surface area contributed by atoms with Crippen LogP contribution < -0.4 is 4.74 Å². The summed E-state index contributed by atoms with van der Waals surface area (Å²) < 4.78 is 76.2. The van der Waals surface area contributed by atoms with Crippen molar-refractivity contribution < 1.29 is 30.8 Å². The smallest absolute Gasteiger partial charge is 0.416 e. The normalized spacial score (nSPS) is 16.1. The lowest BCUT2D eigenvalue weighted by Gasteiger charge is -2.33. The Morgan fingerprint density at radius 2 is 1.76 bits per heavy atom. The summed E-state index contributed by atoms with van der Waals surface area (Å²) in [6, 6.07) is 10.9. The summed E-state index contributed by atoms with van der Waals surface area (Å²) in [6.07, 6.45) is -4.46. The summed E-state index contributed by atoms with van der Waals surface area (Å²) in [4.78, 5) is 6.34. The van der Waals surface area contributed by atoms with E-state index in [1.807, 2.05) is 4.90 Å². The van der Waals surface area contributed by atoms with Crippen LogP contribution in [0.25, 0.3) is 11.4 Å². The van der Waals surface area contributed by atoms with Gasteiger partial charge in [0, 0.05) is 31.7 Å². The van der Waals surface area contributed by atoms with Crippen LogP contribution >= 0.6 is 0 Å². The Balaban J connectivity index is 1.37. The van der Waals surface area contributed by atoms with Gasteiger partial charge in [0.15, 0.2) is 0 Å². The van der Waals surface area contributed by atoms with Gasteiger partial charge >= 0.3 is 6.18 Å². The molecule has 0 radical (unpaired) electrons. The van der Waals surface area contributed by atoms with Crippen molar-refractivity contribution in [1.29, 1.82) is 0 Å². The summed E-state index contributed by atoms with van der Waals surface area (Å²) in [5.41, 5.74) is -0.587. The number of benzene rings is 2. The molecule has 0 spiro atoms. The Labute approximate surface area is 188 Å². The fourth-order valence-corrected chi connectivity index (χ4v) is 4.91. The second kappa shape index (κ2) is 9.12. The molecule has 1 aromatic heterocycles. The maximum atomic E-state index is 12.9. The van der Waals surface area contributed by atoms with Crippen LogP contribution in [0.4, 0.5) is 13.2 Å². The first kappa shape index (κ1) is 23.2. The fraction of sp³-hybridized carbons (Fsp3) is 0.333. The number of piperazine rings is 1. The van der Waals surface area contributed by atoms with Crippen molar-refractivity contribution in [1.82, 2.24) is 19.3 Å². The van der Waals surface area contributed by atoms with Crippen molar-refractivity contribution in [2.45, 2.75) is 17.6 Å². The van der Waals surface area contributed by atoms with E-state index in [1.54, 1.807) is 12.1 Å². The van der Waals surface area contributed by atoms with E-state index >= 15 is 0 Å². The zero-order valence-electron chi connectivity index (χ0n) is 17.6.